The van der Waals surface area contributed by atoms with Gasteiger partial charge in [-0.3, -0.25) is 9.59 Å². The average molecular weight is 580 g/mol. The molecule has 3 aromatic rings. The van der Waals surface area contributed by atoms with E-state index < -0.39 is 35.4 Å². The maximum Gasteiger partial charge on any atom is 0.416 e. The Morgan fingerprint density at radius 1 is 0.952 bits per heavy atom. The monoisotopic (exact) mass is 579 g/mol. The Morgan fingerprint density at radius 3 is 2.48 bits per heavy atom. The number of aliphatic carboxylic acids is 1. The number of carbonyl (C=O) groups excluding carboxylic acids is 2. The number of carboxylic acid groups (broad SMARTS) is 1. The molecule has 2 aromatic carbocycles. The summed E-state index contributed by atoms with van der Waals surface area (Å²) in [5, 5.41) is 19.0. The Labute approximate surface area is 239 Å². The van der Waals surface area contributed by atoms with Gasteiger partial charge in [0.1, 0.15) is 0 Å². The number of piperidine rings is 1. The van der Waals surface area contributed by atoms with Gasteiger partial charge in [-0.1, -0.05) is 24.3 Å². The highest BCUT2D eigenvalue weighted by atomic mass is 19.4. The molecule has 218 valence electrons. The van der Waals surface area contributed by atoms with Gasteiger partial charge in [-0.25, -0.2) is 9.48 Å². The summed E-state index contributed by atoms with van der Waals surface area (Å²) in [4.78, 5) is 40.2. The molecule has 1 unspecified atom stereocenters. The molecule has 42 heavy (non-hydrogen) atoms. The van der Waals surface area contributed by atoms with Crippen molar-refractivity contribution in [3.63, 3.8) is 0 Å². The second kappa shape index (κ2) is 11.9. The van der Waals surface area contributed by atoms with Crippen molar-refractivity contribution in [3.05, 3.63) is 89.7 Å². The number of benzene rings is 2. The lowest BCUT2D eigenvalue weighted by Gasteiger charge is -2.29. The summed E-state index contributed by atoms with van der Waals surface area (Å²) >= 11 is 0. The molecule has 0 radical (unpaired) electrons. The predicted octanol–water partition coefficient (Wildman–Crippen LogP) is 5.66. The Balaban J connectivity index is 1.39. The molecule has 1 fully saturated rings. The van der Waals surface area contributed by atoms with Crippen molar-refractivity contribution >= 4 is 35.0 Å². The molecule has 9 nitrogen and oxygen atoms in total. The third-order valence-electron chi connectivity index (χ3n) is 7.19. The van der Waals surface area contributed by atoms with Gasteiger partial charge in [-0.05, 0) is 62.1 Å². The van der Waals surface area contributed by atoms with Gasteiger partial charge >= 0.3 is 12.1 Å². The van der Waals surface area contributed by atoms with E-state index in [-0.39, 0.29) is 34.8 Å². The number of carbonyl (C=O) groups is 3. The number of nitrogens with zero attached hydrogens (tertiary/aromatic N) is 3. The Kier molecular flexibility index (Phi) is 8.14. The van der Waals surface area contributed by atoms with Crippen molar-refractivity contribution in [2.24, 2.45) is 5.92 Å². The largest absolute Gasteiger partial charge is 0.478 e. The van der Waals surface area contributed by atoms with E-state index in [4.69, 9.17) is 0 Å². The number of rotatable bonds is 7. The molecule has 12 heteroatoms. The summed E-state index contributed by atoms with van der Waals surface area (Å²) < 4.78 is 40.7. The number of alkyl halides is 3. The zero-order valence-corrected chi connectivity index (χ0v) is 22.4. The van der Waals surface area contributed by atoms with Crippen LogP contribution in [0.1, 0.15) is 41.6 Å². The van der Waals surface area contributed by atoms with Gasteiger partial charge < -0.3 is 20.6 Å². The van der Waals surface area contributed by atoms with Gasteiger partial charge in [-0.2, -0.15) is 18.3 Å². The lowest BCUT2D eigenvalue weighted by molar-refractivity contribution is -0.137. The number of nitrogens with one attached hydrogen (secondary N) is 2. The van der Waals surface area contributed by atoms with Crippen LogP contribution in [0.3, 0.4) is 0 Å². The van der Waals surface area contributed by atoms with Crippen molar-refractivity contribution in [1.29, 1.82) is 0 Å². The van der Waals surface area contributed by atoms with Gasteiger partial charge in [0.05, 0.1) is 28.4 Å². The minimum Gasteiger partial charge on any atom is -0.478 e. The van der Waals surface area contributed by atoms with Gasteiger partial charge in [0.25, 0.3) is 5.91 Å². The highest BCUT2D eigenvalue weighted by molar-refractivity contribution is 6.11. The molecule has 1 atom stereocenters. The quantitative estimate of drug-likeness (QED) is 0.333. The van der Waals surface area contributed by atoms with E-state index in [2.05, 4.69) is 20.6 Å². The van der Waals surface area contributed by atoms with Crippen molar-refractivity contribution in [2.45, 2.75) is 31.9 Å². The number of amides is 2. The molecule has 3 N–H and O–H groups in total. The van der Waals surface area contributed by atoms with Crippen LogP contribution in [0.15, 0.2) is 78.5 Å². The SMILES string of the molecule is O=C(O)C1=CC=CC(C(=O)Nc2ccc(N3CCCCC3)cc2C(=O)Nc2ccn(-c3cccc(C(F)(F)F)c3)n2)C1. The normalized spacial score (nSPS) is 17.0. The zero-order chi connectivity index (χ0) is 29.9. The van der Waals surface area contributed by atoms with Crippen molar-refractivity contribution in [3.8, 4) is 5.69 Å². The summed E-state index contributed by atoms with van der Waals surface area (Å²) in [5.74, 6) is -2.78. The molecule has 2 amide bonds. The second-order valence-corrected chi connectivity index (χ2v) is 10.1. The molecule has 1 aromatic heterocycles. The maximum absolute atomic E-state index is 13.5. The molecule has 1 aliphatic carbocycles. The summed E-state index contributed by atoms with van der Waals surface area (Å²) in [7, 11) is 0. The van der Waals surface area contributed by atoms with Crippen LogP contribution in [-0.4, -0.2) is 45.8 Å². The predicted molar refractivity (Wildman–Crippen MR) is 151 cm³/mol. The Bertz CT molecular complexity index is 1570. The fraction of sp³-hybridized carbons (Fsp3) is 0.267. The first-order valence-electron chi connectivity index (χ1n) is 13.4. The van der Waals surface area contributed by atoms with Crippen LogP contribution in [0.25, 0.3) is 5.69 Å². The first-order valence-corrected chi connectivity index (χ1v) is 13.4. The van der Waals surface area contributed by atoms with E-state index in [9.17, 15) is 32.7 Å². The van der Waals surface area contributed by atoms with Crippen LogP contribution < -0.4 is 15.5 Å². The zero-order valence-electron chi connectivity index (χ0n) is 22.4. The van der Waals surface area contributed by atoms with Crippen LogP contribution >= 0.6 is 0 Å². The molecular weight excluding hydrogens is 551 g/mol. The lowest BCUT2D eigenvalue weighted by Crippen LogP contribution is -2.30. The van der Waals surface area contributed by atoms with E-state index >= 15 is 0 Å². The number of carboxylic acids is 1. The molecule has 0 saturated carbocycles. The molecular formula is C30H28F3N5O4. The van der Waals surface area contributed by atoms with Crippen LogP contribution in [-0.2, 0) is 15.8 Å². The molecule has 0 bridgehead atoms. The minimum absolute atomic E-state index is 0.0119. The summed E-state index contributed by atoms with van der Waals surface area (Å²) in [6.45, 7) is 1.65. The van der Waals surface area contributed by atoms with Gasteiger partial charge in [0.15, 0.2) is 5.82 Å². The number of hydrogen-bond acceptors (Lipinski definition) is 5. The van der Waals surface area contributed by atoms with Crippen LogP contribution in [0.2, 0.25) is 0 Å². The molecule has 1 saturated heterocycles. The van der Waals surface area contributed by atoms with E-state index in [0.717, 1.165) is 50.2 Å². The Morgan fingerprint density at radius 2 is 1.74 bits per heavy atom. The van der Waals surface area contributed by atoms with Gasteiger partial charge in [0.2, 0.25) is 5.91 Å². The Hall–Kier alpha value is -4.87. The van der Waals surface area contributed by atoms with Crippen LogP contribution in [0.5, 0.6) is 0 Å². The first-order chi connectivity index (χ1) is 20.1. The number of aromatic nitrogens is 2. The fourth-order valence-electron chi connectivity index (χ4n) is 4.96. The standard InChI is InChI=1S/C30H28F3N5O4/c31-30(32,33)21-8-5-9-23(17-21)38-15-12-26(36-38)35-28(40)24-18-22(37-13-2-1-3-14-37)10-11-25(24)34-27(39)19-6-4-7-20(16-19)29(41)42/h4-12,15,17-19H,1-3,13-14,16H2,(H,34,39)(H,41,42)(H,35,36,40). The maximum atomic E-state index is 13.5. The molecule has 1 aliphatic heterocycles. The molecule has 5 rings (SSSR count). The fourth-order valence-corrected chi connectivity index (χ4v) is 4.96. The first kappa shape index (κ1) is 28.7. The molecule has 2 heterocycles. The van der Waals surface area contributed by atoms with E-state index in [1.54, 1.807) is 18.2 Å². The van der Waals surface area contributed by atoms with Crippen molar-refractivity contribution in [2.75, 3.05) is 28.6 Å². The van der Waals surface area contributed by atoms with E-state index in [1.165, 1.54) is 41.2 Å². The number of allylic oxidation sites excluding steroid dienone is 2. The summed E-state index contributed by atoms with van der Waals surface area (Å²) in [5.41, 5.74) is 0.646. The van der Waals surface area contributed by atoms with E-state index in [0.29, 0.717) is 0 Å². The van der Waals surface area contributed by atoms with Crippen molar-refractivity contribution in [1.82, 2.24) is 9.78 Å². The smallest absolute Gasteiger partial charge is 0.416 e. The van der Waals surface area contributed by atoms with Crippen LogP contribution in [0.4, 0.5) is 30.4 Å². The molecule has 0 spiro atoms. The number of halogens is 3. The summed E-state index contributed by atoms with van der Waals surface area (Å²) in [6.07, 6.45) is 4.64. The lowest BCUT2D eigenvalue weighted by atomic mass is 9.93. The number of hydrogen-bond donors (Lipinski definition) is 3. The van der Waals surface area contributed by atoms with Gasteiger partial charge in [0, 0.05) is 36.6 Å². The summed E-state index contributed by atoms with van der Waals surface area (Å²) in [6, 6.07) is 11.3. The average Bonchev–Trinajstić information content (AvgIpc) is 3.46. The molecule has 2 aliphatic rings. The van der Waals surface area contributed by atoms with Crippen molar-refractivity contribution < 1.29 is 32.7 Å². The third kappa shape index (κ3) is 6.54. The van der Waals surface area contributed by atoms with E-state index in [1.807, 2.05) is 6.07 Å². The number of anilines is 3. The highest BCUT2D eigenvalue weighted by Crippen LogP contribution is 2.31. The highest BCUT2D eigenvalue weighted by Gasteiger charge is 2.30. The second-order valence-electron chi connectivity index (χ2n) is 10.1. The van der Waals surface area contributed by atoms with Crippen LogP contribution in [0, 0.1) is 5.92 Å². The third-order valence-corrected chi connectivity index (χ3v) is 7.19. The van der Waals surface area contributed by atoms with Gasteiger partial charge in [-0.15, -0.1) is 0 Å². The topological polar surface area (TPSA) is 117 Å². The minimum atomic E-state index is -4.51.